The third-order valence-corrected chi connectivity index (χ3v) is 4.45. The lowest BCUT2D eigenvalue weighted by Crippen LogP contribution is -2.05. The summed E-state index contributed by atoms with van der Waals surface area (Å²) in [5.41, 5.74) is 8.37. The van der Waals surface area contributed by atoms with E-state index in [1.165, 1.54) is 55.2 Å². The van der Waals surface area contributed by atoms with Crippen molar-refractivity contribution in [2.45, 2.75) is 65.3 Å². The predicted octanol–water partition coefficient (Wildman–Crippen LogP) is 5.89. The normalized spacial score (nSPS) is 11.1. The largest absolute Gasteiger partial charge is 0.306 e. The highest BCUT2D eigenvalue weighted by Gasteiger charge is 1.95. The minimum atomic E-state index is 0.762. The van der Waals surface area contributed by atoms with E-state index in [0.29, 0.717) is 0 Å². The molecule has 2 heteroatoms. The van der Waals surface area contributed by atoms with E-state index < -0.39 is 0 Å². The fraction of sp³-hybridized carbons (Fsp3) is 0.435. The van der Waals surface area contributed by atoms with Crippen molar-refractivity contribution in [2.24, 2.45) is 5.10 Å². The maximum atomic E-state index is 4.34. The Morgan fingerprint density at radius 3 is 2.04 bits per heavy atom. The highest BCUT2D eigenvalue weighted by atomic mass is 15.3. The van der Waals surface area contributed by atoms with E-state index >= 15 is 0 Å². The molecule has 0 fully saturated rings. The summed E-state index contributed by atoms with van der Waals surface area (Å²) < 4.78 is 0. The van der Waals surface area contributed by atoms with Gasteiger partial charge in [0, 0.05) is 0 Å². The molecule has 0 saturated carbocycles. The number of hydrogen-bond donors (Lipinski definition) is 1. The molecule has 2 nitrogen and oxygen atoms in total. The Morgan fingerprint density at radius 2 is 1.36 bits per heavy atom. The maximum Gasteiger partial charge on any atom is 0.0580 e. The Morgan fingerprint density at radius 1 is 0.720 bits per heavy atom. The summed E-state index contributed by atoms with van der Waals surface area (Å²) in [4.78, 5) is 0. The van der Waals surface area contributed by atoms with Crippen molar-refractivity contribution in [2.75, 3.05) is 0 Å². The maximum absolute atomic E-state index is 4.34. The molecular formula is C23H32N2. The summed E-state index contributed by atoms with van der Waals surface area (Å²) in [7, 11) is 0. The number of unbranched alkanes of at least 4 members (excludes halogenated alkanes) is 3. The van der Waals surface area contributed by atoms with Gasteiger partial charge in [0.2, 0.25) is 0 Å². The van der Waals surface area contributed by atoms with Gasteiger partial charge in [0.15, 0.2) is 0 Å². The standard InChI is InChI=1S/C23H32N2/c1-3-5-6-7-9-21-12-16-23(17-13-21)19-25-24-18-22-14-10-20(8-4-2)11-15-22/h10-17,19,24H,3-9,18H2,1-2H3/b25-19+. The van der Waals surface area contributed by atoms with Crippen molar-refractivity contribution in [1.29, 1.82) is 0 Å². The summed E-state index contributed by atoms with van der Waals surface area (Å²) in [5.74, 6) is 0. The first-order valence-corrected chi connectivity index (χ1v) is 9.74. The van der Waals surface area contributed by atoms with E-state index in [9.17, 15) is 0 Å². The van der Waals surface area contributed by atoms with Crippen LogP contribution < -0.4 is 5.43 Å². The number of aryl methyl sites for hydroxylation is 2. The molecule has 0 aliphatic carbocycles. The van der Waals surface area contributed by atoms with Crippen molar-refractivity contribution in [3.8, 4) is 0 Å². The van der Waals surface area contributed by atoms with Gasteiger partial charge in [0.1, 0.15) is 0 Å². The van der Waals surface area contributed by atoms with Crippen molar-refractivity contribution >= 4 is 6.21 Å². The lowest BCUT2D eigenvalue weighted by Gasteiger charge is -2.04. The first-order chi connectivity index (χ1) is 12.3. The lowest BCUT2D eigenvalue weighted by atomic mass is 10.1. The molecule has 0 aliphatic rings. The van der Waals surface area contributed by atoms with Crippen molar-refractivity contribution in [3.63, 3.8) is 0 Å². The molecule has 25 heavy (non-hydrogen) atoms. The van der Waals surface area contributed by atoms with Crippen LogP contribution in [0.3, 0.4) is 0 Å². The van der Waals surface area contributed by atoms with Gasteiger partial charge in [-0.1, -0.05) is 88.1 Å². The minimum absolute atomic E-state index is 0.762. The van der Waals surface area contributed by atoms with Gasteiger partial charge in [-0.3, -0.25) is 0 Å². The molecule has 2 rings (SSSR count). The topological polar surface area (TPSA) is 24.4 Å². The summed E-state index contributed by atoms with van der Waals surface area (Å²) >= 11 is 0. The molecule has 2 aromatic rings. The Bertz CT molecular complexity index is 612. The number of nitrogens with zero attached hydrogens (tertiary/aromatic N) is 1. The Labute approximate surface area is 153 Å². The number of hydrogen-bond acceptors (Lipinski definition) is 2. The number of nitrogens with one attached hydrogen (secondary N) is 1. The highest BCUT2D eigenvalue weighted by molar-refractivity contribution is 5.79. The molecule has 0 heterocycles. The summed E-state index contributed by atoms with van der Waals surface area (Å²) in [6.07, 6.45) is 10.7. The minimum Gasteiger partial charge on any atom is -0.306 e. The summed E-state index contributed by atoms with van der Waals surface area (Å²) in [6.45, 7) is 5.23. The van der Waals surface area contributed by atoms with Crippen LogP contribution in [-0.2, 0) is 19.4 Å². The summed E-state index contributed by atoms with van der Waals surface area (Å²) in [6, 6.07) is 17.5. The molecule has 0 amide bonds. The third-order valence-electron chi connectivity index (χ3n) is 4.45. The molecule has 1 N–H and O–H groups in total. The van der Waals surface area contributed by atoms with Crippen LogP contribution in [0.5, 0.6) is 0 Å². The Kier molecular flexibility index (Phi) is 8.82. The molecule has 0 aromatic heterocycles. The fourth-order valence-corrected chi connectivity index (χ4v) is 2.90. The lowest BCUT2D eigenvalue weighted by molar-refractivity contribution is 0.667. The van der Waals surface area contributed by atoms with Crippen molar-refractivity contribution in [3.05, 3.63) is 70.8 Å². The molecule has 0 bridgehead atoms. The van der Waals surface area contributed by atoms with E-state index in [2.05, 4.69) is 72.9 Å². The van der Waals surface area contributed by atoms with Gasteiger partial charge in [0.05, 0.1) is 12.8 Å². The SMILES string of the molecule is CCCCCCc1ccc(/C=N/NCc2ccc(CCC)cc2)cc1. The van der Waals surface area contributed by atoms with Crippen LogP contribution in [0.1, 0.15) is 68.2 Å². The third kappa shape index (κ3) is 7.55. The smallest absolute Gasteiger partial charge is 0.0580 e. The molecule has 0 radical (unpaired) electrons. The van der Waals surface area contributed by atoms with Crippen LogP contribution in [0.15, 0.2) is 53.6 Å². The van der Waals surface area contributed by atoms with E-state index in [-0.39, 0.29) is 0 Å². The highest BCUT2D eigenvalue weighted by Crippen LogP contribution is 2.09. The zero-order valence-electron chi connectivity index (χ0n) is 15.8. The molecule has 0 aliphatic heterocycles. The fourth-order valence-electron chi connectivity index (χ4n) is 2.90. The second-order valence-electron chi connectivity index (χ2n) is 6.71. The second-order valence-corrected chi connectivity index (χ2v) is 6.71. The number of hydrazone groups is 1. The van der Waals surface area contributed by atoms with Gasteiger partial charge < -0.3 is 5.43 Å². The van der Waals surface area contributed by atoms with Gasteiger partial charge in [-0.2, -0.15) is 5.10 Å². The zero-order chi connectivity index (χ0) is 17.7. The first kappa shape index (κ1) is 19.2. The average molecular weight is 337 g/mol. The van der Waals surface area contributed by atoms with Crippen LogP contribution in [0.25, 0.3) is 0 Å². The van der Waals surface area contributed by atoms with Crippen LogP contribution in [0.2, 0.25) is 0 Å². The molecule has 2 aromatic carbocycles. The first-order valence-electron chi connectivity index (χ1n) is 9.74. The van der Waals surface area contributed by atoms with Gasteiger partial charge in [-0.25, -0.2) is 0 Å². The van der Waals surface area contributed by atoms with E-state index in [1.54, 1.807) is 0 Å². The average Bonchev–Trinajstić information content (AvgIpc) is 2.65. The van der Waals surface area contributed by atoms with Gasteiger partial charge in [0.25, 0.3) is 0 Å². The van der Waals surface area contributed by atoms with Crippen LogP contribution in [0, 0.1) is 0 Å². The van der Waals surface area contributed by atoms with Gasteiger partial charge in [-0.15, -0.1) is 0 Å². The number of rotatable bonds is 11. The second kappa shape index (κ2) is 11.5. The monoisotopic (exact) mass is 336 g/mol. The Hall–Kier alpha value is -2.09. The Balaban J connectivity index is 1.72. The van der Waals surface area contributed by atoms with Crippen molar-refractivity contribution in [1.82, 2.24) is 5.43 Å². The molecule has 134 valence electrons. The quantitative estimate of drug-likeness (QED) is 0.309. The van der Waals surface area contributed by atoms with Crippen LogP contribution in [-0.4, -0.2) is 6.21 Å². The van der Waals surface area contributed by atoms with E-state index in [1.807, 2.05) is 6.21 Å². The molecule has 0 saturated heterocycles. The van der Waals surface area contributed by atoms with E-state index in [4.69, 9.17) is 0 Å². The molecule has 0 spiro atoms. The van der Waals surface area contributed by atoms with Crippen LogP contribution >= 0.6 is 0 Å². The zero-order valence-corrected chi connectivity index (χ0v) is 15.8. The number of benzene rings is 2. The van der Waals surface area contributed by atoms with E-state index in [0.717, 1.165) is 18.5 Å². The molecule has 0 unspecified atom stereocenters. The van der Waals surface area contributed by atoms with Gasteiger partial charge in [-0.05, 0) is 41.5 Å². The molecular weight excluding hydrogens is 304 g/mol. The summed E-state index contributed by atoms with van der Waals surface area (Å²) in [5, 5.41) is 4.34. The molecule has 0 atom stereocenters. The van der Waals surface area contributed by atoms with Crippen LogP contribution in [0.4, 0.5) is 0 Å². The predicted molar refractivity (Wildman–Crippen MR) is 109 cm³/mol. The van der Waals surface area contributed by atoms with Gasteiger partial charge >= 0.3 is 0 Å². The van der Waals surface area contributed by atoms with Crippen molar-refractivity contribution < 1.29 is 0 Å².